The lowest BCUT2D eigenvalue weighted by Gasteiger charge is -2.19. The van der Waals surface area contributed by atoms with Crippen LogP contribution in [0.5, 0.6) is 0 Å². The largest absolute Gasteiger partial charge is 0.243 e. The first-order valence-corrected chi connectivity index (χ1v) is 10.0. The third-order valence-corrected chi connectivity index (χ3v) is 6.00. The number of halogens is 3. The molecular weight excluding hydrogens is 397 g/mol. The Morgan fingerprint density at radius 3 is 2.19 bits per heavy atom. The maximum Gasteiger partial charge on any atom is 0.243 e. The van der Waals surface area contributed by atoms with Crippen molar-refractivity contribution in [1.82, 2.24) is 4.72 Å². The minimum atomic E-state index is -3.72. The molecule has 1 rings (SSSR count). The molecule has 0 bridgehead atoms. The van der Waals surface area contributed by atoms with Gasteiger partial charge in [0.15, 0.2) is 0 Å². The van der Waals surface area contributed by atoms with Crippen molar-refractivity contribution in [3.05, 3.63) is 26.7 Å². The minimum absolute atomic E-state index is 0.0494. The summed E-state index contributed by atoms with van der Waals surface area (Å²) in [5.74, 6) is 0. The van der Waals surface area contributed by atoms with Gasteiger partial charge in [0, 0.05) is 10.5 Å². The summed E-state index contributed by atoms with van der Waals surface area (Å²) in [6, 6.07) is 2.97. The lowest BCUT2D eigenvalue weighted by molar-refractivity contribution is 0.483. The summed E-state index contributed by atoms with van der Waals surface area (Å²) in [6.45, 7) is 4.12. The van der Waals surface area contributed by atoms with E-state index in [9.17, 15) is 8.42 Å². The van der Waals surface area contributed by atoms with E-state index in [-0.39, 0.29) is 21.0 Å². The third-order valence-electron chi connectivity index (χ3n) is 3.10. The summed E-state index contributed by atoms with van der Waals surface area (Å²) in [7, 11) is -3.72. The van der Waals surface area contributed by atoms with E-state index >= 15 is 0 Å². The Kier molecular flexibility index (Phi) is 7.99. The van der Waals surface area contributed by atoms with Crippen molar-refractivity contribution in [3.8, 4) is 0 Å². The van der Waals surface area contributed by atoms with E-state index in [1.165, 1.54) is 12.1 Å². The molecule has 1 unspecified atom stereocenters. The fourth-order valence-corrected chi connectivity index (χ4v) is 5.37. The van der Waals surface area contributed by atoms with E-state index in [1.54, 1.807) is 0 Å². The van der Waals surface area contributed by atoms with Crippen molar-refractivity contribution in [2.75, 3.05) is 0 Å². The van der Waals surface area contributed by atoms with Gasteiger partial charge in [-0.15, -0.1) is 0 Å². The van der Waals surface area contributed by atoms with Crippen LogP contribution in [-0.4, -0.2) is 14.5 Å². The van der Waals surface area contributed by atoms with E-state index in [4.69, 9.17) is 23.2 Å². The molecule has 0 radical (unpaired) electrons. The van der Waals surface area contributed by atoms with Gasteiger partial charge in [0.1, 0.15) is 4.90 Å². The van der Waals surface area contributed by atoms with Gasteiger partial charge in [0.05, 0.1) is 10.0 Å². The summed E-state index contributed by atoms with van der Waals surface area (Å²) in [4.78, 5) is -0.0494. The Morgan fingerprint density at radius 2 is 1.71 bits per heavy atom. The van der Waals surface area contributed by atoms with Gasteiger partial charge in [-0.3, -0.25) is 0 Å². The first-order chi connectivity index (χ1) is 9.81. The molecule has 7 heteroatoms. The minimum Gasteiger partial charge on any atom is -0.208 e. The number of benzene rings is 1. The van der Waals surface area contributed by atoms with Crippen molar-refractivity contribution in [2.24, 2.45) is 0 Å². The third kappa shape index (κ3) is 5.71. The highest BCUT2D eigenvalue weighted by Gasteiger charge is 2.25. The first kappa shape index (κ1) is 19.2. The molecular formula is C14H20BrCl2NO2S. The van der Waals surface area contributed by atoms with Crippen LogP contribution >= 0.6 is 39.1 Å². The number of unbranched alkanes of at least 4 members (excludes halogenated alkanes) is 1. The van der Waals surface area contributed by atoms with Crippen LogP contribution < -0.4 is 4.72 Å². The molecule has 0 aliphatic heterocycles. The van der Waals surface area contributed by atoms with Gasteiger partial charge < -0.3 is 0 Å². The molecule has 1 aromatic carbocycles. The fraction of sp³-hybridized carbons (Fsp3) is 0.571. The van der Waals surface area contributed by atoms with Crippen molar-refractivity contribution >= 4 is 49.2 Å². The van der Waals surface area contributed by atoms with Gasteiger partial charge in [-0.25, -0.2) is 13.1 Å². The summed E-state index contributed by atoms with van der Waals surface area (Å²) in [5, 5.41) is 0.236. The van der Waals surface area contributed by atoms with Crippen LogP contribution in [0.25, 0.3) is 0 Å². The van der Waals surface area contributed by atoms with Gasteiger partial charge >= 0.3 is 0 Å². The van der Waals surface area contributed by atoms with Crippen LogP contribution in [0.15, 0.2) is 21.5 Å². The van der Waals surface area contributed by atoms with Crippen LogP contribution in [-0.2, 0) is 10.0 Å². The van der Waals surface area contributed by atoms with Crippen LogP contribution in [0.1, 0.15) is 46.0 Å². The second-order valence-electron chi connectivity index (χ2n) is 4.95. The van der Waals surface area contributed by atoms with Crippen molar-refractivity contribution in [2.45, 2.75) is 56.9 Å². The lowest BCUT2D eigenvalue weighted by Crippen LogP contribution is -2.35. The molecule has 0 saturated carbocycles. The van der Waals surface area contributed by atoms with E-state index in [1.807, 2.05) is 6.92 Å². The second kappa shape index (κ2) is 8.73. The Labute approximate surface area is 145 Å². The standard InChI is InChI=1S/C14H20BrCl2NO2S/c1-3-5-7-11(6-4-2)18-21(19,20)14-12(16)8-10(15)9-13(14)17/h8-9,11,18H,3-7H2,1-2H3. The highest BCUT2D eigenvalue weighted by Crippen LogP contribution is 2.33. The Balaban J connectivity index is 3.04. The molecule has 0 aliphatic rings. The molecule has 0 fully saturated rings. The molecule has 0 amide bonds. The normalized spacial score (nSPS) is 13.4. The molecule has 0 saturated heterocycles. The molecule has 1 aromatic rings. The summed E-state index contributed by atoms with van der Waals surface area (Å²) in [6.07, 6.45) is 4.54. The zero-order valence-corrected chi connectivity index (χ0v) is 16.0. The zero-order chi connectivity index (χ0) is 16.0. The predicted octanol–water partition coefficient (Wildman–Crippen LogP) is 5.39. The monoisotopic (exact) mass is 415 g/mol. The fourth-order valence-electron chi connectivity index (χ4n) is 2.13. The van der Waals surface area contributed by atoms with Crippen molar-refractivity contribution in [3.63, 3.8) is 0 Å². The molecule has 1 atom stereocenters. The highest BCUT2D eigenvalue weighted by molar-refractivity contribution is 9.10. The number of hydrogen-bond acceptors (Lipinski definition) is 2. The van der Waals surface area contributed by atoms with E-state index in [0.717, 1.165) is 32.1 Å². The van der Waals surface area contributed by atoms with Crippen LogP contribution in [0.3, 0.4) is 0 Å². The summed E-state index contributed by atoms with van der Waals surface area (Å²) >= 11 is 15.3. The highest BCUT2D eigenvalue weighted by atomic mass is 79.9. The number of hydrogen-bond donors (Lipinski definition) is 1. The molecule has 1 N–H and O–H groups in total. The van der Waals surface area contributed by atoms with Crippen molar-refractivity contribution < 1.29 is 8.42 Å². The molecule has 3 nitrogen and oxygen atoms in total. The first-order valence-electron chi connectivity index (χ1n) is 6.98. The summed E-state index contributed by atoms with van der Waals surface area (Å²) in [5.41, 5.74) is 0. The average Bonchev–Trinajstić information content (AvgIpc) is 2.34. The Hall–Kier alpha value is 0.190. The number of sulfonamides is 1. The quantitative estimate of drug-likeness (QED) is 0.617. The maximum absolute atomic E-state index is 12.5. The maximum atomic E-state index is 12.5. The molecule has 0 heterocycles. The van der Waals surface area contributed by atoms with Gasteiger partial charge in [-0.1, -0.05) is 72.2 Å². The Morgan fingerprint density at radius 1 is 1.14 bits per heavy atom. The molecule has 120 valence electrons. The van der Waals surface area contributed by atoms with E-state index < -0.39 is 10.0 Å². The van der Waals surface area contributed by atoms with E-state index in [2.05, 4.69) is 27.6 Å². The van der Waals surface area contributed by atoms with Crippen molar-refractivity contribution in [1.29, 1.82) is 0 Å². The molecule has 0 spiro atoms. The second-order valence-corrected chi connectivity index (χ2v) is 8.33. The van der Waals surface area contributed by atoms with Gasteiger partial charge in [-0.2, -0.15) is 0 Å². The van der Waals surface area contributed by atoms with Crippen LogP contribution in [0.2, 0.25) is 10.0 Å². The summed E-state index contributed by atoms with van der Waals surface area (Å²) < 4.78 is 28.5. The van der Waals surface area contributed by atoms with Gasteiger partial charge in [0.25, 0.3) is 0 Å². The molecule has 0 aromatic heterocycles. The average molecular weight is 417 g/mol. The Bertz CT molecular complexity index is 555. The van der Waals surface area contributed by atoms with Crippen LogP contribution in [0.4, 0.5) is 0 Å². The smallest absolute Gasteiger partial charge is 0.208 e. The topological polar surface area (TPSA) is 46.2 Å². The number of nitrogens with one attached hydrogen (secondary N) is 1. The van der Waals surface area contributed by atoms with Gasteiger partial charge in [-0.05, 0) is 25.0 Å². The molecule has 21 heavy (non-hydrogen) atoms. The number of rotatable bonds is 8. The van der Waals surface area contributed by atoms with Crippen LogP contribution in [0, 0.1) is 0 Å². The van der Waals surface area contributed by atoms with E-state index in [0.29, 0.717) is 4.47 Å². The lowest BCUT2D eigenvalue weighted by atomic mass is 10.1. The SMILES string of the molecule is CCCCC(CCC)NS(=O)(=O)c1c(Cl)cc(Br)cc1Cl. The zero-order valence-electron chi connectivity index (χ0n) is 12.1. The molecule has 0 aliphatic carbocycles. The predicted molar refractivity (Wildman–Crippen MR) is 92.7 cm³/mol. The van der Waals surface area contributed by atoms with Gasteiger partial charge in [0.2, 0.25) is 10.0 Å².